The lowest BCUT2D eigenvalue weighted by Crippen LogP contribution is -2.22. The molecule has 1 aromatic carbocycles. The predicted molar refractivity (Wildman–Crippen MR) is 78.3 cm³/mol. The Morgan fingerprint density at radius 3 is 2.63 bits per heavy atom. The van der Waals surface area contributed by atoms with Gasteiger partial charge in [-0.3, -0.25) is 0 Å². The molecule has 2 rings (SSSR count). The molecule has 1 heterocycles. The molecule has 4 heteroatoms. The van der Waals surface area contributed by atoms with Crippen molar-refractivity contribution in [2.24, 2.45) is 0 Å². The van der Waals surface area contributed by atoms with Crippen LogP contribution in [-0.2, 0) is 0 Å². The van der Waals surface area contributed by atoms with Gasteiger partial charge in [0.2, 0.25) is 0 Å². The van der Waals surface area contributed by atoms with Gasteiger partial charge in [0.1, 0.15) is 0 Å². The second-order valence-corrected chi connectivity index (χ2v) is 5.15. The molecule has 1 aliphatic heterocycles. The van der Waals surface area contributed by atoms with E-state index in [0.717, 1.165) is 23.7 Å². The third-order valence-corrected chi connectivity index (χ3v) is 3.71. The van der Waals surface area contributed by atoms with Gasteiger partial charge < -0.3 is 19.7 Å². The first-order valence-electron chi connectivity index (χ1n) is 6.90. The zero-order valence-corrected chi connectivity index (χ0v) is 12.1. The van der Waals surface area contributed by atoms with E-state index in [0.29, 0.717) is 6.04 Å². The molecular weight excluding hydrogens is 240 g/mol. The van der Waals surface area contributed by atoms with Gasteiger partial charge in [0, 0.05) is 17.8 Å². The van der Waals surface area contributed by atoms with Gasteiger partial charge in [-0.25, -0.2) is 0 Å². The zero-order valence-electron chi connectivity index (χ0n) is 12.1. The highest BCUT2D eigenvalue weighted by molar-refractivity contribution is 5.55. The predicted octanol–water partition coefficient (Wildman–Crippen LogP) is 2.60. The van der Waals surface area contributed by atoms with Crippen LogP contribution in [0.25, 0.3) is 0 Å². The minimum Gasteiger partial charge on any atom is -0.493 e. The Hall–Kier alpha value is -1.42. The first kappa shape index (κ1) is 14.0. The molecular formula is C15H24N2O2. The smallest absolute Gasteiger partial charge is 0.162 e. The van der Waals surface area contributed by atoms with E-state index in [4.69, 9.17) is 9.47 Å². The third kappa shape index (κ3) is 3.77. The van der Waals surface area contributed by atoms with Crippen LogP contribution >= 0.6 is 0 Å². The summed E-state index contributed by atoms with van der Waals surface area (Å²) in [6.07, 6.45) is 3.66. The lowest BCUT2D eigenvalue weighted by Gasteiger charge is -2.19. The van der Waals surface area contributed by atoms with E-state index in [2.05, 4.69) is 23.3 Å². The van der Waals surface area contributed by atoms with Crippen LogP contribution in [0.5, 0.6) is 11.5 Å². The minimum absolute atomic E-state index is 0.544. The van der Waals surface area contributed by atoms with Gasteiger partial charge in [-0.2, -0.15) is 0 Å². The summed E-state index contributed by atoms with van der Waals surface area (Å²) in [5, 5.41) is 3.61. The standard InChI is InChI=1S/C15H24N2O2/c1-17-9-4-5-12(8-10-17)16-13-6-7-14(18-2)15(11-13)19-3/h6-7,11-12,16H,4-5,8-10H2,1-3H3. The molecule has 1 aromatic rings. The number of nitrogens with zero attached hydrogens (tertiary/aromatic N) is 1. The Morgan fingerprint density at radius 2 is 1.89 bits per heavy atom. The fourth-order valence-corrected chi connectivity index (χ4v) is 2.55. The van der Waals surface area contributed by atoms with Gasteiger partial charge in [-0.05, 0) is 51.5 Å². The molecule has 1 saturated heterocycles. The molecule has 1 atom stereocenters. The average Bonchev–Trinajstić information content (AvgIpc) is 2.63. The van der Waals surface area contributed by atoms with Crippen molar-refractivity contribution < 1.29 is 9.47 Å². The summed E-state index contributed by atoms with van der Waals surface area (Å²) in [7, 11) is 5.52. The maximum absolute atomic E-state index is 5.33. The van der Waals surface area contributed by atoms with Crippen molar-refractivity contribution >= 4 is 5.69 Å². The summed E-state index contributed by atoms with van der Waals surface area (Å²) < 4.78 is 10.6. The molecule has 0 amide bonds. The fourth-order valence-electron chi connectivity index (χ4n) is 2.55. The van der Waals surface area contributed by atoms with E-state index in [1.807, 2.05) is 12.1 Å². The molecule has 0 aromatic heterocycles. The Bertz CT molecular complexity index is 409. The molecule has 1 N–H and O–H groups in total. The second kappa shape index (κ2) is 6.66. The number of hydrogen-bond acceptors (Lipinski definition) is 4. The number of rotatable bonds is 4. The number of anilines is 1. The highest BCUT2D eigenvalue weighted by Crippen LogP contribution is 2.30. The molecule has 1 fully saturated rings. The fraction of sp³-hybridized carbons (Fsp3) is 0.600. The van der Waals surface area contributed by atoms with E-state index in [9.17, 15) is 0 Å². The van der Waals surface area contributed by atoms with Crippen LogP contribution in [0.1, 0.15) is 19.3 Å². The Balaban J connectivity index is 2.02. The maximum Gasteiger partial charge on any atom is 0.162 e. The van der Waals surface area contributed by atoms with Crippen molar-refractivity contribution in [3.05, 3.63) is 18.2 Å². The van der Waals surface area contributed by atoms with Gasteiger partial charge in [0.05, 0.1) is 14.2 Å². The van der Waals surface area contributed by atoms with Gasteiger partial charge in [-0.1, -0.05) is 0 Å². The van der Waals surface area contributed by atoms with E-state index in [-0.39, 0.29) is 0 Å². The summed E-state index contributed by atoms with van der Waals surface area (Å²) >= 11 is 0. The van der Waals surface area contributed by atoms with Crippen LogP contribution < -0.4 is 14.8 Å². The third-order valence-electron chi connectivity index (χ3n) is 3.71. The number of methoxy groups -OCH3 is 2. The molecule has 0 bridgehead atoms. The molecule has 0 aliphatic carbocycles. The second-order valence-electron chi connectivity index (χ2n) is 5.15. The quantitative estimate of drug-likeness (QED) is 0.906. The Labute approximate surface area is 115 Å². The minimum atomic E-state index is 0.544. The van der Waals surface area contributed by atoms with E-state index in [1.54, 1.807) is 14.2 Å². The van der Waals surface area contributed by atoms with Crippen molar-refractivity contribution in [3.8, 4) is 11.5 Å². The monoisotopic (exact) mass is 264 g/mol. The van der Waals surface area contributed by atoms with Crippen molar-refractivity contribution in [2.75, 3.05) is 39.7 Å². The summed E-state index contributed by atoms with van der Waals surface area (Å²) in [5.74, 6) is 1.55. The van der Waals surface area contributed by atoms with Gasteiger partial charge in [0.25, 0.3) is 0 Å². The summed E-state index contributed by atoms with van der Waals surface area (Å²) in [5.41, 5.74) is 1.10. The van der Waals surface area contributed by atoms with E-state index >= 15 is 0 Å². The number of ether oxygens (including phenoxy) is 2. The topological polar surface area (TPSA) is 33.7 Å². The molecule has 19 heavy (non-hydrogen) atoms. The highest BCUT2D eigenvalue weighted by Gasteiger charge is 2.15. The molecule has 1 unspecified atom stereocenters. The molecule has 0 saturated carbocycles. The normalized spacial score (nSPS) is 20.7. The van der Waals surface area contributed by atoms with Crippen molar-refractivity contribution in [3.63, 3.8) is 0 Å². The maximum atomic E-state index is 5.33. The number of hydrogen-bond donors (Lipinski definition) is 1. The van der Waals surface area contributed by atoms with Gasteiger partial charge >= 0.3 is 0 Å². The van der Waals surface area contributed by atoms with Crippen molar-refractivity contribution in [2.45, 2.75) is 25.3 Å². The van der Waals surface area contributed by atoms with Crippen LogP contribution in [0.2, 0.25) is 0 Å². The number of benzene rings is 1. The lowest BCUT2D eigenvalue weighted by molar-refractivity contribution is 0.348. The lowest BCUT2D eigenvalue weighted by atomic mass is 10.1. The van der Waals surface area contributed by atoms with Gasteiger partial charge in [-0.15, -0.1) is 0 Å². The van der Waals surface area contributed by atoms with Crippen LogP contribution in [-0.4, -0.2) is 45.3 Å². The first-order chi connectivity index (χ1) is 9.22. The Morgan fingerprint density at radius 1 is 1.11 bits per heavy atom. The summed E-state index contributed by atoms with van der Waals surface area (Å²) in [6, 6.07) is 6.55. The average molecular weight is 264 g/mol. The Kier molecular flexibility index (Phi) is 4.91. The molecule has 0 radical (unpaired) electrons. The number of nitrogens with one attached hydrogen (secondary N) is 1. The summed E-state index contributed by atoms with van der Waals surface area (Å²) in [6.45, 7) is 2.36. The van der Waals surface area contributed by atoms with Gasteiger partial charge in [0.15, 0.2) is 11.5 Å². The van der Waals surface area contributed by atoms with Crippen LogP contribution in [0.15, 0.2) is 18.2 Å². The molecule has 1 aliphatic rings. The number of likely N-dealkylation sites (tertiary alicyclic amines) is 1. The van der Waals surface area contributed by atoms with E-state index < -0.39 is 0 Å². The first-order valence-corrected chi connectivity index (χ1v) is 6.90. The van der Waals surface area contributed by atoms with E-state index in [1.165, 1.54) is 25.8 Å². The largest absolute Gasteiger partial charge is 0.493 e. The molecule has 106 valence electrons. The van der Waals surface area contributed by atoms with Crippen LogP contribution in [0.3, 0.4) is 0 Å². The highest BCUT2D eigenvalue weighted by atomic mass is 16.5. The molecule has 0 spiro atoms. The van der Waals surface area contributed by atoms with Crippen molar-refractivity contribution in [1.82, 2.24) is 4.90 Å². The zero-order chi connectivity index (χ0) is 13.7. The van der Waals surface area contributed by atoms with Crippen molar-refractivity contribution in [1.29, 1.82) is 0 Å². The SMILES string of the molecule is COc1ccc(NC2CCCN(C)CC2)cc1OC. The molecule has 4 nitrogen and oxygen atoms in total. The summed E-state index contributed by atoms with van der Waals surface area (Å²) in [4.78, 5) is 2.40. The van der Waals surface area contributed by atoms with Crippen LogP contribution in [0.4, 0.5) is 5.69 Å². The van der Waals surface area contributed by atoms with Crippen LogP contribution in [0, 0.1) is 0 Å².